The monoisotopic (exact) mass is 369 g/mol. The number of rotatable bonds is 14. The van der Waals surface area contributed by atoms with E-state index < -0.39 is 0 Å². The molecule has 2 rings (SSSR count). The molecule has 0 spiro atoms. The van der Waals surface area contributed by atoms with Gasteiger partial charge in [-0.05, 0) is 12.5 Å². The van der Waals surface area contributed by atoms with Crippen LogP contribution in [-0.4, -0.2) is 17.1 Å². The quantitative estimate of drug-likeness (QED) is 0.228. The molecule has 4 nitrogen and oxygen atoms in total. The number of fused-ring (bicyclic) bond motifs is 1. The van der Waals surface area contributed by atoms with Gasteiger partial charge in [-0.2, -0.15) is 5.10 Å². The first kappa shape index (κ1) is 21.2. The van der Waals surface area contributed by atoms with Crippen molar-refractivity contribution in [2.45, 2.75) is 84.0 Å². The van der Waals surface area contributed by atoms with Crippen LogP contribution in [0.4, 0.5) is 0 Å². The largest absolute Gasteiger partial charge is 0.361 e. The molecule has 0 aliphatic carbocycles. The number of aromatic nitrogens is 1. The number of hydrazone groups is 1. The first-order valence-electron chi connectivity index (χ1n) is 10.7. The molecule has 1 aromatic heterocycles. The van der Waals surface area contributed by atoms with Gasteiger partial charge in [0, 0.05) is 29.1 Å². The molecular weight excluding hydrogens is 334 g/mol. The first-order valence-corrected chi connectivity index (χ1v) is 10.7. The summed E-state index contributed by atoms with van der Waals surface area (Å²) in [5.74, 6) is 0.00187. The Kier molecular flexibility index (Phi) is 10.3. The molecule has 1 heterocycles. The van der Waals surface area contributed by atoms with E-state index >= 15 is 0 Å². The summed E-state index contributed by atoms with van der Waals surface area (Å²) in [6.07, 6.45) is 18.4. The first-order chi connectivity index (χ1) is 13.3. The lowest BCUT2D eigenvalue weighted by Gasteiger charge is -2.02. The normalized spacial score (nSPS) is 11.4. The SMILES string of the molecule is CCCCCCCCCCCCCC(=O)N/N=C\c1c[nH]c2ccccc12. The lowest BCUT2D eigenvalue weighted by molar-refractivity contribution is -0.121. The molecule has 0 fully saturated rings. The fourth-order valence-electron chi connectivity index (χ4n) is 3.38. The van der Waals surface area contributed by atoms with Crippen molar-refractivity contribution in [3.63, 3.8) is 0 Å². The van der Waals surface area contributed by atoms with Gasteiger partial charge in [-0.3, -0.25) is 4.79 Å². The van der Waals surface area contributed by atoms with Crippen molar-refractivity contribution in [2.75, 3.05) is 0 Å². The lowest BCUT2D eigenvalue weighted by Crippen LogP contribution is -2.16. The van der Waals surface area contributed by atoms with E-state index in [-0.39, 0.29) is 5.91 Å². The average Bonchev–Trinajstić information content (AvgIpc) is 3.09. The molecule has 0 saturated heterocycles. The lowest BCUT2D eigenvalue weighted by atomic mass is 10.1. The molecule has 0 radical (unpaired) electrons. The van der Waals surface area contributed by atoms with Crippen molar-refractivity contribution >= 4 is 23.0 Å². The van der Waals surface area contributed by atoms with Gasteiger partial charge in [-0.1, -0.05) is 89.3 Å². The second kappa shape index (κ2) is 13.1. The molecule has 148 valence electrons. The number of carbonyl (C=O) groups is 1. The fraction of sp³-hybridized carbons (Fsp3) is 0.565. The van der Waals surface area contributed by atoms with E-state index in [9.17, 15) is 4.79 Å². The van der Waals surface area contributed by atoms with E-state index in [0.717, 1.165) is 29.3 Å². The molecule has 4 heteroatoms. The van der Waals surface area contributed by atoms with Gasteiger partial charge in [-0.15, -0.1) is 0 Å². The molecular formula is C23H35N3O. The molecule has 0 aliphatic rings. The molecule has 1 amide bonds. The van der Waals surface area contributed by atoms with Gasteiger partial charge in [0.05, 0.1) is 6.21 Å². The number of para-hydroxylation sites is 1. The van der Waals surface area contributed by atoms with E-state index in [0.29, 0.717) is 6.42 Å². The Balaban J connectivity index is 1.48. The number of benzene rings is 1. The van der Waals surface area contributed by atoms with Crippen LogP contribution in [0.25, 0.3) is 10.9 Å². The van der Waals surface area contributed by atoms with Crippen LogP contribution >= 0.6 is 0 Å². The summed E-state index contributed by atoms with van der Waals surface area (Å²) >= 11 is 0. The van der Waals surface area contributed by atoms with Gasteiger partial charge < -0.3 is 4.98 Å². The number of carbonyl (C=O) groups excluding carboxylic acids is 1. The second-order valence-electron chi connectivity index (χ2n) is 7.37. The molecule has 2 aromatic rings. The van der Waals surface area contributed by atoms with Gasteiger partial charge in [0.2, 0.25) is 5.91 Å². The van der Waals surface area contributed by atoms with Crippen LogP contribution in [-0.2, 0) is 4.79 Å². The van der Waals surface area contributed by atoms with Crippen LogP contribution in [0.1, 0.15) is 89.5 Å². The Labute approximate surface area is 163 Å². The third-order valence-corrected chi connectivity index (χ3v) is 5.02. The molecule has 0 saturated carbocycles. The van der Waals surface area contributed by atoms with Gasteiger partial charge in [0.15, 0.2) is 0 Å². The number of unbranched alkanes of at least 4 members (excludes halogenated alkanes) is 10. The Morgan fingerprint density at radius 2 is 1.59 bits per heavy atom. The molecule has 2 N–H and O–H groups in total. The van der Waals surface area contributed by atoms with Crippen LogP contribution in [0.15, 0.2) is 35.6 Å². The zero-order chi connectivity index (χ0) is 19.2. The zero-order valence-corrected chi connectivity index (χ0v) is 16.8. The standard InChI is InChI=1S/C23H35N3O/c1-2-3-4-5-6-7-8-9-10-11-12-17-23(27)26-25-19-20-18-24-22-16-14-13-15-21(20)22/h13-16,18-19,24H,2-12,17H2,1H3,(H,26,27)/b25-19-. The molecule has 0 atom stereocenters. The Morgan fingerprint density at radius 1 is 0.963 bits per heavy atom. The van der Waals surface area contributed by atoms with Crippen molar-refractivity contribution in [1.29, 1.82) is 0 Å². The van der Waals surface area contributed by atoms with Gasteiger partial charge in [0.25, 0.3) is 0 Å². The van der Waals surface area contributed by atoms with Gasteiger partial charge in [-0.25, -0.2) is 5.43 Å². The molecule has 27 heavy (non-hydrogen) atoms. The Hall–Kier alpha value is -2.10. The summed E-state index contributed by atoms with van der Waals surface area (Å²) in [4.78, 5) is 15.1. The van der Waals surface area contributed by atoms with Crippen LogP contribution in [0.5, 0.6) is 0 Å². The highest BCUT2D eigenvalue weighted by molar-refractivity contribution is 5.99. The van der Waals surface area contributed by atoms with Crippen molar-refractivity contribution in [1.82, 2.24) is 10.4 Å². The number of nitrogens with zero attached hydrogens (tertiary/aromatic N) is 1. The summed E-state index contributed by atoms with van der Waals surface area (Å²) in [6.45, 7) is 2.26. The fourth-order valence-corrected chi connectivity index (χ4v) is 3.38. The number of H-pyrrole nitrogens is 1. The summed E-state index contributed by atoms with van der Waals surface area (Å²) in [6, 6.07) is 8.06. The highest BCUT2D eigenvalue weighted by Gasteiger charge is 2.01. The molecule has 1 aromatic carbocycles. The van der Waals surface area contributed by atoms with Crippen molar-refractivity contribution < 1.29 is 4.79 Å². The van der Waals surface area contributed by atoms with E-state index in [1.165, 1.54) is 57.8 Å². The number of aromatic amines is 1. The van der Waals surface area contributed by atoms with Gasteiger partial charge >= 0.3 is 0 Å². The average molecular weight is 370 g/mol. The maximum atomic E-state index is 11.9. The maximum Gasteiger partial charge on any atom is 0.240 e. The van der Waals surface area contributed by atoms with Crippen molar-refractivity contribution in [2.24, 2.45) is 5.10 Å². The van der Waals surface area contributed by atoms with E-state index in [4.69, 9.17) is 0 Å². The van der Waals surface area contributed by atoms with Gasteiger partial charge in [0.1, 0.15) is 0 Å². The van der Waals surface area contributed by atoms with Crippen LogP contribution in [0.2, 0.25) is 0 Å². The minimum absolute atomic E-state index is 0.00187. The summed E-state index contributed by atoms with van der Waals surface area (Å²) in [5.41, 5.74) is 4.70. The topological polar surface area (TPSA) is 57.2 Å². The number of amides is 1. The predicted octanol–water partition coefficient (Wildman–Crippen LogP) is 6.32. The highest BCUT2D eigenvalue weighted by atomic mass is 16.2. The third-order valence-electron chi connectivity index (χ3n) is 5.02. The molecule has 0 bridgehead atoms. The Morgan fingerprint density at radius 3 is 2.30 bits per heavy atom. The third kappa shape index (κ3) is 8.42. The van der Waals surface area contributed by atoms with E-state index in [2.05, 4.69) is 22.4 Å². The van der Waals surface area contributed by atoms with E-state index in [1.807, 2.05) is 30.5 Å². The number of hydrogen-bond acceptors (Lipinski definition) is 2. The van der Waals surface area contributed by atoms with Crippen LogP contribution in [0, 0.1) is 0 Å². The summed E-state index contributed by atoms with van der Waals surface area (Å²) in [5, 5.41) is 5.20. The summed E-state index contributed by atoms with van der Waals surface area (Å²) in [7, 11) is 0. The minimum atomic E-state index is 0.00187. The zero-order valence-electron chi connectivity index (χ0n) is 16.8. The minimum Gasteiger partial charge on any atom is -0.361 e. The second-order valence-corrected chi connectivity index (χ2v) is 7.37. The van der Waals surface area contributed by atoms with Crippen molar-refractivity contribution in [3.05, 3.63) is 36.0 Å². The van der Waals surface area contributed by atoms with Crippen molar-refractivity contribution in [3.8, 4) is 0 Å². The highest BCUT2D eigenvalue weighted by Crippen LogP contribution is 2.15. The van der Waals surface area contributed by atoms with Crippen LogP contribution in [0.3, 0.4) is 0 Å². The molecule has 0 aliphatic heterocycles. The van der Waals surface area contributed by atoms with E-state index in [1.54, 1.807) is 6.21 Å². The smallest absolute Gasteiger partial charge is 0.240 e. The Bertz CT molecular complexity index is 690. The number of hydrogen-bond donors (Lipinski definition) is 2. The summed E-state index contributed by atoms with van der Waals surface area (Å²) < 4.78 is 0. The number of nitrogens with one attached hydrogen (secondary N) is 2. The molecule has 0 unspecified atom stereocenters. The maximum absolute atomic E-state index is 11.9. The predicted molar refractivity (Wildman–Crippen MR) is 115 cm³/mol. The van der Waals surface area contributed by atoms with Crippen LogP contribution < -0.4 is 5.43 Å².